The van der Waals surface area contributed by atoms with E-state index in [0.29, 0.717) is 21.6 Å². The Labute approximate surface area is 166 Å². The quantitative estimate of drug-likeness (QED) is 0.452. The van der Waals surface area contributed by atoms with Gasteiger partial charge in [-0.05, 0) is 30.3 Å². The van der Waals surface area contributed by atoms with Crippen LogP contribution < -0.4 is 15.0 Å². The average molecular weight is 438 g/mol. The fourth-order valence-electron chi connectivity index (χ4n) is 3.50. The van der Waals surface area contributed by atoms with Gasteiger partial charge in [0.15, 0.2) is 4.96 Å². The molecule has 5 nitrogen and oxygen atoms in total. The number of imidazole rings is 1. The molecule has 0 fully saturated rings. The molecule has 1 aliphatic rings. The summed E-state index contributed by atoms with van der Waals surface area (Å²) in [7, 11) is 0. The first-order chi connectivity index (χ1) is 13.1. The molecule has 132 valence electrons. The Balaban J connectivity index is 1.91. The molecule has 2 aromatic heterocycles. The van der Waals surface area contributed by atoms with Gasteiger partial charge in [0.25, 0.3) is 11.5 Å². The minimum Gasteiger partial charge on any atom is -0.304 e. The highest BCUT2D eigenvalue weighted by molar-refractivity contribution is 9.10. The number of aromatic nitrogens is 2. The second kappa shape index (κ2) is 5.87. The number of carbonyl (C=O) groups excluding carboxylic acids is 1. The topological polar surface area (TPSA) is 54.7 Å². The van der Waals surface area contributed by atoms with Crippen LogP contribution in [0.25, 0.3) is 21.6 Å². The molecule has 0 unspecified atom stereocenters. The molecule has 0 bridgehead atoms. The molecule has 0 aliphatic carbocycles. The Kier molecular flexibility index (Phi) is 3.57. The largest absolute Gasteiger partial charge is 0.304 e. The van der Waals surface area contributed by atoms with Gasteiger partial charge in [-0.25, -0.2) is 9.38 Å². The lowest BCUT2D eigenvalue weighted by Crippen LogP contribution is -2.32. The zero-order valence-electron chi connectivity index (χ0n) is 14.0. The Hall–Kier alpha value is -2.77. The molecule has 0 saturated carbocycles. The zero-order chi connectivity index (χ0) is 18.7. The highest BCUT2D eigenvalue weighted by Crippen LogP contribution is 2.37. The van der Waals surface area contributed by atoms with Crippen molar-refractivity contribution >= 4 is 60.4 Å². The van der Waals surface area contributed by atoms with Crippen molar-refractivity contribution in [3.8, 4) is 0 Å². The predicted octanol–water partition coefficient (Wildman–Crippen LogP) is 3.12. The first-order valence-electron chi connectivity index (χ1n) is 8.27. The lowest BCUT2D eigenvalue weighted by molar-refractivity contribution is -0.112. The Bertz CT molecular complexity index is 1390. The van der Waals surface area contributed by atoms with E-state index >= 15 is 0 Å². The van der Waals surface area contributed by atoms with E-state index < -0.39 is 0 Å². The highest BCUT2D eigenvalue weighted by atomic mass is 79.9. The lowest BCUT2D eigenvalue weighted by Gasteiger charge is -2.14. The van der Waals surface area contributed by atoms with Gasteiger partial charge in [-0.3, -0.25) is 9.59 Å². The summed E-state index contributed by atoms with van der Waals surface area (Å²) in [4.78, 5) is 33.1. The molecule has 4 aromatic rings. The third-order valence-corrected chi connectivity index (χ3v) is 6.17. The molecule has 5 rings (SSSR count). The van der Waals surface area contributed by atoms with Crippen LogP contribution in [0.2, 0.25) is 0 Å². The second-order valence-electron chi connectivity index (χ2n) is 6.20. The molecule has 0 atom stereocenters. The summed E-state index contributed by atoms with van der Waals surface area (Å²) >= 11 is 4.72. The van der Waals surface area contributed by atoms with Crippen LogP contribution in [-0.4, -0.2) is 21.8 Å². The minimum atomic E-state index is -0.210. The summed E-state index contributed by atoms with van der Waals surface area (Å²) in [6.45, 7) is 4.12. The van der Waals surface area contributed by atoms with E-state index in [4.69, 9.17) is 0 Å². The number of anilines is 1. The van der Waals surface area contributed by atoms with Gasteiger partial charge >= 0.3 is 0 Å². The van der Waals surface area contributed by atoms with Crippen molar-refractivity contribution in [2.24, 2.45) is 0 Å². The fourth-order valence-corrected chi connectivity index (χ4v) is 4.93. The van der Waals surface area contributed by atoms with Crippen molar-refractivity contribution in [1.29, 1.82) is 0 Å². The number of para-hydroxylation sites is 2. The maximum Gasteiger partial charge on any atom is 0.275 e. The third kappa shape index (κ3) is 2.25. The van der Waals surface area contributed by atoms with Crippen LogP contribution in [0.5, 0.6) is 0 Å². The molecule has 0 N–H and O–H groups in total. The maximum atomic E-state index is 13.2. The smallest absolute Gasteiger partial charge is 0.275 e. The minimum absolute atomic E-state index is 0.186. The van der Waals surface area contributed by atoms with Crippen LogP contribution in [0.1, 0.15) is 5.56 Å². The maximum absolute atomic E-state index is 13.2. The van der Waals surface area contributed by atoms with E-state index in [0.717, 1.165) is 26.8 Å². The van der Waals surface area contributed by atoms with Crippen LogP contribution >= 0.6 is 27.3 Å². The normalized spacial score (nSPS) is 15.7. The van der Waals surface area contributed by atoms with Gasteiger partial charge in [0, 0.05) is 16.6 Å². The van der Waals surface area contributed by atoms with Crippen molar-refractivity contribution in [3.63, 3.8) is 0 Å². The summed E-state index contributed by atoms with van der Waals surface area (Å²) in [5.41, 5.74) is 3.28. The van der Waals surface area contributed by atoms with Crippen molar-refractivity contribution in [1.82, 2.24) is 9.38 Å². The van der Waals surface area contributed by atoms with E-state index in [1.165, 1.54) is 11.3 Å². The molecule has 0 spiro atoms. The Morgan fingerprint density at radius 2 is 2.00 bits per heavy atom. The summed E-state index contributed by atoms with van der Waals surface area (Å²) in [6, 6.07) is 13.2. The van der Waals surface area contributed by atoms with E-state index in [1.807, 2.05) is 42.5 Å². The lowest BCUT2D eigenvalue weighted by atomic mass is 10.1. The van der Waals surface area contributed by atoms with Crippen LogP contribution in [0.4, 0.5) is 5.69 Å². The van der Waals surface area contributed by atoms with Gasteiger partial charge in [-0.2, -0.15) is 0 Å². The molecular formula is C20H12BrN3O2S. The molecular weight excluding hydrogens is 426 g/mol. The van der Waals surface area contributed by atoms with E-state index in [1.54, 1.807) is 15.4 Å². The van der Waals surface area contributed by atoms with E-state index in [2.05, 4.69) is 27.5 Å². The van der Waals surface area contributed by atoms with Gasteiger partial charge in [0.05, 0.1) is 22.3 Å². The van der Waals surface area contributed by atoms with Crippen molar-refractivity contribution in [2.75, 3.05) is 11.4 Å². The Morgan fingerprint density at radius 3 is 2.81 bits per heavy atom. The molecule has 3 heterocycles. The van der Waals surface area contributed by atoms with Gasteiger partial charge in [0.1, 0.15) is 4.53 Å². The Morgan fingerprint density at radius 1 is 1.19 bits per heavy atom. The first kappa shape index (κ1) is 16.4. The molecule has 0 radical (unpaired) electrons. The number of thiazole rings is 1. The van der Waals surface area contributed by atoms with Crippen molar-refractivity contribution < 1.29 is 4.79 Å². The highest BCUT2D eigenvalue weighted by Gasteiger charge is 2.34. The SMILES string of the molecule is C=CCN1C(=O)/C(=c2/sc3nc4ccccc4n3c2=O)c2cc(Br)ccc21. The van der Waals surface area contributed by atoms with Crippen LogP contribution in [0.3, 0.4) is 0 Å². The molecule has 2 aromatic carbocycles. The third-order valence-electron chi connectivity index (χ3n) is 4.64. The molecule has 1 aliphatic heterocycles. The molecule has 0 saturated heterocycles. The number of hydrogen-bond donors (Lipinski definition) is 0. The number of benzene rings is 2. The number of carbonyl (C=O) groups is 1. The van der Waals surface area contributed by atoms with Gasteiger partial charge < -0.3 is 4.90 Å². The number of hydrogen-bond acceptors (Lipinski definition) is 4. The van der Waals surface area contributed by atoms with E-state index in [9.17, 15) is 9.59 Å². The summed E-state index contributed by atoms with van der Waals surface area (Å²) < 4.78 is 2.86. The predicted molar refractivity (Wildman–Crippen MR) is 111 cm³/mol. The number of rotatable bonds is 2. The number of halogens is 1. The summed E-state index contributed by atoms with van der Waals surface area (Å²) in [5.74, 6) is -0.186. The molecule has 1 amide bonds. The second-order valence-corrected chi connectivity index (χ2v) is 8.09. The molecule has 7 heteroatoms. The van der Waals surface area contributed by atoms with Crippen LogP contribution in [-0.2, 0) is 4.79 Å². The monoisotopic (exact) mass is 437 g/mol. The zero-order valence-corrected chi connectivity index (χ0v) is 16.4. The van der Waals surface area contributed by atoms with Crippen LogP contribution in [0.15, 0.2) is 64.4 Å². The average Bonchev–Trinajstić information content (AvgIpc) is 3.25. The van der Waals surface area contributed by atoms with Gasteiger partial charge in [0.2, 0.25) is 0 Å². The van der Waals surface area contributed by atoms with E-state index in [-0.39, 0.29) is 11.5 Å². The number of fused-ring (bicyclic) bond motifs is 4. The van der Waals surface area contributed by atoms with Gasteiger partial charge in [-0.1, -0.05) is 45.5 Å². The van der Waals surface area contributed by atoms with Crippen molar-refractivity contribution in [3.05, 3.63) is 80.0 Å². The number of nitrogens with zero attached hydrogens (tertiary/aromatic N) is 3. The van der Waals surface area contributed by atoms with Gasteiger partial charge in [-0.15, -0.1) is 6.58 Å². The summed E-state index contributed by atoms with van der Waals surface area (Å²) in [6.07, 6.45) is 1.68. The first-order valence-corrected chi connectivity index (χ1v) is 9.88. The summed E-state index contributed by atoms with van der Waals surface area (Å²) in [5, 5.41) is 0. The molecule has 27 heavy (non-hydrogen) atoms. The van der Waals surface area contributed by atoms with Crippen molar-refractivity contribution in [2.45, 2.75) is 0 Å². The standard InChI is InChI=1S/C20H12BrN3O2S/c1-2-9-23-14-8-7-11(21)10-12(14)16(18(23)25)17-19(26)24-15-6-4-3-5-13(15)22-20(24)27-17/h2-8,10H,1,9H2/b17-16+. The van der Waals surface area contributed by atoms with Crippen LogP contribution in [0, 0.1) is 0 Å². The number of amides is 1. The fraction of sp³-hybridized carbons (Fsp3) is 0.0500.